The maximum atomic E-state index is 12.9. The van der Waals surface area contributed by atoms with Gasteiger partial charge in [-0.15, -0.1) is 0 Å². The molecule has 0 bridgehead atoms. The Morgan fingerprint density at radius 2 is 2.06 bits per heavy atom. The number of rotatable bonds is 4. The smallest absolute Gasteiger partial charge is 0.123 e. The fourth-order valence-corrected chi connectivity index (χ4v) is 1.92. The van der Waals surface area contributed by atoms with E-state index in [0.29, 0.717) is 12.5 Å². The van der Waals surface area contributed by atoms with Gasteiger partial charge in [-0.2, -0.15) is 5.10 Å². The van der Waals surface area contributed by atoms with Crippen molar-refractivity contribution in [2.75, 3.05) is 6.54 Å². The SMILES string of the molecule is CC(CCN)c1cn[nH]c1-c1ccc(F)cc1. The fraction of sp³-hybridized carbons (Fsp3) is 0.308. The summed E-state index contributed by atoms with van der Waals surface area (Å²) in [5.74, 6) is 0.114. The first-order chi connectivity index (χ1) is 8.22. The summed E-state index contributed by atoms with van der Waals surface area (Å²) in [6.45, 7) is 2.76. The summed E-state index contributed by atoms with van der Waals surface area (Å²) in [6.07, 6.45) is 2.73. The minimum atomic E-state index is -0.232. The van der Waals surface area contributed by atoms with Crippen LogP contribution in [0.2, 0.25) is 0 Å². The zero-order valence-corrected chi connectivity index (χ0v) is 9.78. The molecule has 1 aromatic heterocycles. The van der Waals surface area contributed by atoms with Gasteiger partial charge in [0.15, 0.2) is 0 Å². The lowest BCUT2D eigenvalue weighted by Crippen LogP contribution is -2.04. The molecule has 0 saturated carbocycles. The molecule has 2 aromatic rings. The van der Waals surface area contributed by atoms with E-state index in [1.807, 2.05) is 6.20 Å². The summed E-state index contributed by atoms with van der Waals surface area (Å²) in [5.41, 5.74) is 8.59. The monoisotopic (exact) mass is 233 g/mol. The summed E-state index contributed by atoms with van der Waals surface area (Å²) in [6, 6.07) is 6.41. The van der Waals surface area contributed by atoms with Gasteiger partial charge in [-0.25, -0.2) is 4.39 Å². The number of halogens is 1. The molecule has 2 rings (SSSR count). The Morgan fingerprint density at radius 3 is 2.71 bits per heavy atom. The average molecular weight is 233 g/mol. The van der Waals surface area contributed by atoms with Gasteiger partial charge in [0.1, 0.15) is 5.82 Å². The van der Waals surface area contributed by atoms with Gasteiger partial charge in [0.25, 0.3) is 0 Å². The third-order valence-electron chi connectivity index (χ3n) is 2.93. The first-order valence-corrected chi connectivity index (χ1v) is 5.71. The quantitative estimate of drug-likeness (QED) is 0.853. The zero-order valence-electron chi connectivity index (χ0n) is 9.78. The molecule has 1 aromatic carbocycles. The van der Waals surface area contributed by atoms with E-state index in [1.165, 1.54) is 12.1 Å². The number of hydrogen-bond acceptors (Lipinski definition) is 2. The number of nitrogens with one attached hydrogen (secondary N) is 1. The third kappa shape index (κ3) is 2.53. The Balaban J connectivity index is 2.33. The van der Waals surface area contributed by atoms with E-state index in [-0.39, 0.29) is 5.82 Å². The lowest BCUT2D eigenvalue weighted by molar-refractivity contribution is 0.628. The molecule has 3 N–H and O–H groups in total. The van der Waals surface area contributed by atoms with Gasteiger partial charge in [0.05, 0.1) is 11.9 Å². The summed E-state index contributed by atoms with van der Waals surface area (Å²) in [7, 11) is 0. The lowest BCUT2D eigenvalue weighted by Gasteiger charge is -2.10. The van der Waals surface area contributed by atoms with Crippen LogP contribution in [0, 0.1) is 5.82 Å². The highest BCUT2D eigenvalue weighted by Crippen LogP contribution is 2.28. The van der Waals surface area contributed by atoms with Gasteiger partial charge in [0.2, 0.25) is 0 Å². The van der Waals surface area contributed by atoms with Crippen LogP contribution in [0.15, 0.2) is 30.5 Å². The zero-order chi connectivity index (χ0) is 12.3. The number of nitrogens with zero attached hydrogens (tertiary/aromatic N) is 1. The largest absolute Gasteiger partial charge is 0.330 e. The molecule has 0 aliphatic carbocycles. The number of aromatic amines is 1. The maximum absolute atomic E-state index is 12.9. The number of H-pyrrole nitrogens is 1. The summed E-state index contributed by atoms with van der Waals surface area (Å²) in [5, 5.41) is 7.03. The van der Waals surface area contributed by atoms with Crippen LogP contribution >= 0.6 is 0 Å². The van der Waals surface area contributed by atoms with Gasteiger partial charge < -0.3 is 5.73 Å². The average Bonchev–Trinajstić information content (AvgIpc) is 2.79. The van der Waals surface area contributed by atoms with Crippen LogP contribution in [0.4, 0.5) is 4.39 Å². The third-order valence-corrected chi connectivity index (χ3v) is 2.93. The molecule has 0 aliphatic rings. The van der Waals surface area contributed by atoms with Crippen molar-refractivity contribution >= 4 is 0 Å². The Morgan fingerprint density at radius 1 is 1.35 bits per heavy atom. The van der Waals surface area contributed by atoms with Crippen LogP contribution in [-0.4, -0.2) is 16.7 Å². The van der Waals surface area contributed by atoms with E-state index in [2.05, 4.69) is 17.1 Å². The summed E-state index contributed by atoms with van der Waals surface area (Å²) < 4.78 is 12.9. The molecule has 0 aliphatic heterocycles. The van der Waals surface area contributed by atoms with Gasteiger partial charge >= 0.3 is 0 Å². The molecule has 17 heavy (non-hydrogen) atoms. The molecule has 1 atom stereocenters. The number of hydrogen-bond donors (Lipinski definition) is 2. The molecule has 1 unspecified atom stereocenters. The van der Waals surface area contributed by atoms with Crippen molar-refractivity contribution in [3.05, 3.63) is 41.8 Å². The molecule has 3 nitrogen and oxygen atoms in total. The van der Waals surface area contributed by atoms with Crippen molar-refractivity contribution in [3.8, 4) is 11.3 Å². The van der Waals surface area contributed by atoms with Crippen molar-refractivity contribution < 1.29 is 4.39 Å². The van der Waals surface area contributed by atoms with E-state index < -0.39 is 0 Å². The Bertz CT molecular complexity index is 476. The normalized spacial score (nSPS) is 12.6. The molecule has 0 spiro atoms. The van der Waals surface area contributed by atoms with E-state index in [9.17, 15) is 4.39 Å². The van der Waals surface area contributed by atoms with E-state index in [4.69, 9.17) is 5.73 Å². The molecule has 0 radical (unpaired) electrons. The Kier molecular flexibility index (Phi) is 3.54. The molecule has 0 saturated heterocycles. The van der Waals surface area contributed by atoms with Gasteiger partial charge in [-0.1, -0.05) is 6.92 Å². The van der Waals surface area contributed by atoms with Crippen molar-refractivity contribution in [1.82, 2.24) is 10.2 Å². The van der Waals surface area contributed by atoms with Crippen LogP contribution in [0.3, 0.4) is 0 Å². The maximum Gasteiger partial charge on any atom is 0.123 e. The molecule has 0 fully saturated rings. The standard InChI is InChI=1S/C13H16FN3/c1-9(6-7-15)12-8-16-17-13(12)10-2-4-11(14)5-3-10/h2-5,8-9H,6-7,15H2,1H3,(H,16,17). The van der Waals surface area contributed by atoms with Crippen LogP contribution in [-0.2, 0) is 0 Å². The molecule has 0 amide bonds. The highest BCUT2D eigenvalue weighted by molar-refractivity contribution is 5.63. The van der Waals surface area contributed by atoms with Gasteiger partial charge in [0, 0.05) is 11.1 Å². The summed E-state index contributed by atoms with van der Waals surface area (Å²) in [4.78, 5) is 0. The first-order valence-electron chi connectivity index (χ1n) is 5.71. The van der Waals surface area contributed by atoms with E-state index >= 15 is 0 Å². The van der Waals surface area contributed by atoms with Crippen LogP contribution in [0.1, 0.15) is 24.8 Å². The molecular weight excluding hydrogens is 217 g/mol. The number of nitrogens with two attached hydrogens (primary N) is 1. The van der Waals surface area contributed by atoms with Crippen molar-refractivity contribution in [2.24, 2.45) is 5.73 Å². The highest BCUT2D eigenvalue weighted by Gasteiger charge is 2.13. The Labute approximate surface area is 99.9 Å². The van der Waals surface area contributed by atoms with Crippen LogP contribution in [0.25, 0.3) is 11.3 Å². The minimum absolute atomic E-state index is 0.232. The predicted molar refractivity (Wildman–Crippen MR) is 66.1 cm³/mol. The van der Waals surface area contributed by atoms with Crippen LogP contribution in [0.5, 0.6) is 0 Å². The highest BCUT2D eigenvalue weighted by atomic mass is 19.1. The molecule has 90 valence electrons. The second-order valence-electron chi connectivity index (χ2n) is 4.19. The van der Waals surface area contributed by atoms with E-state index in [1.54, 1.807) is 12.1 Å². The summed E-state index contributed by atoms with van der Waals surface area (Å²) >= 11 is 0. The van der Waals surface area contributed by atoms with Crippen LogP contribution < -0.4 is 5.73 Å². The van der Waals surface area contributed by atoms with Crippen molar-refractivity contribution in [1.29, 1.82) is 0 Å². The molecule has 1 heterocycles. The lowest BCUT2D eigenvalue weighted by atomic mass is 9.95. The molecule has 4 heteroatoms. The van der Waals surface area contributed by atoms with Gasteiger partial charge in [-0.05, 0) is 43.1 Å². The number of aromatic nitrogens is 2. The van der Waals surface area contributed by atoms with Crippen molar-refractivity contribution in [3.63, 3.8) is 0 Å². The first kappa shape index (κ1) is 11.8. The van der Waals surface area contributed by atoms with Gasteiger partial charge in [-0.3, -0.25) is 5.10 Å². The fourth-order valence-electron chi connectivity index (χ4n) is 1.92. The van der Waals surface area contributed by atoms with Crippen molar-refractivity contribution in [2.45, 2.75) is 19.3 Å². The second-order valence-corrected chi connectivity index (χ2v) is 4.19. The van der Waals surface area contributed by atoms with E-state index in [0.717, 1.165) is 23.2 Å². The minimum Gasteiger partial charge on any atom is -0.330 e. The molecular formula is C13H16FN3. The second kappa shape index (κ2) is 5.10. The topological polar surface area (TPSA) is 54.7 Å². The number of benzene rings is 1. The Hall–Kier alpha value is -1.68. The predicted octanol–water partition coefficient (Wildman–Crippen LogP) is 2.67.